The average Bonchev–Trinajstić information content (AvgIpc) is 2.69. The van der Waals surface area contributed by atoms with E-state index >= 15 is 0 Å². The Morgan fingerprint density at radius 2 is 1.68 bits per heavy atom. The SMILES string of the molecule is CC(C)(C)OC(=O)NC1CCC(NCC(C)(C)S(C)(=O)=O)C1. The molecule has 0 aromatic heterocycles. The standard InChI is InChI=1S/C15H30N2O4S/c1-14(2,3)21-13(18)17-12-8-7-11(9-12)16-10-15(4,5)22(6,19)20/h11-12,16H,7-10H2,1-6H3,(H,17,18). The zero-order valence-electron chi connectivity index (χ0n) is 14.5. The van der Waals surface area contributed by atoms with Crippen LogP contribution in [-0.4, -0.2) is 49.7 Å². The third-order valence-corrected chi connectivity index (χ3v) is 6.13. The summed E-state index contributed by atoms with van der Waals surface area (Å²) in [7, 11) is -3.10. The smallest absolute Gasteiger partial charge is 0.407 e. The van der Waals surface area contributed by atoms with Crippen LogP contribution in [-0.2, 0) is 14.6 Å². The van der Waals surface area contributed by atoms with E-state index < -0.39 is 26.3 Å². The number of ether oxygens (including phenoxy) is 1. The molecule has 0 heterocycles. The van der Waals surface area contributed by atoms with Gasteiger partial charge in [-0.05, 0) is 53.9 Å². The van der Waals surface area contributed by atoms with E-state index in [1.807, 2.05) is 20.8 Å². The van der Waals surface area contributed by atoms with Crippen LogP contribution < -0.4 is 10.6 Å². The summed E-state index contributed by atoms with van der Waals surface area (Å²) < 4.78 is 27.8. The summed E-state index contributed by atoms with van der Waals surface area (Å²) in [4.78, 5) is 11.7. The molecule has 0 aliphatic heterocycles. The second kappa shape index (κ2) is 6.74. The van der Waals surface area contributed by atoms with Gasteiger partial charge in [-0.15, -0.1) is 0 Å². The van der Waals surface area contributed by atoms with Crippen molar-refractivity contribution < 1.29 is 17.9 Å². The number of sulfone groups is 1. The van der Waals surface area contributed by atoms with Crippen LogP contribution in [0.25, 0.3) is 0 Å². The molecular formula is C15H30N2O4S. The Kier molecular flexibility index (Phi) is 5.89. The Bertz CT molecular complexity index is 494. The van der Waals surface area contributed by atoms with Gasteiger partial charge in [0.25, 0.3) is 0 Å². The maximum absolute atomic E-state index is 11.7. The monoisotopic (exact) mass is 334 g/mol. The number of hydrogen-bond acceptors (Lipinski definition) is 5. The van der Waals surface area contributed by atoms with E-state index in [1.54, 1.807) is 13.8 Å². The summed E-state index contributed by atoms with van der Waals surface area (Å²) >= 11 is 0. The van der Waals surface area contributed by atoms with Crippen molar-refractivity contribution in [1.29, 1.82) is 0 Å². The fourth-order valence-corrected chi connectivity index (χ4v) is 2.64. The Morgan fingerprint density at radius 1 is 1.14 bits per heavy atom. The molecule has 1 aliphatic carbocycles. The zero-order chi connectivity index (χ0) is 17.2. The maximum Gasteiger partial charge on any atom is 0.407 e. The molecule has 0 aromatic carbocycles. The lowest BCUT2D eigenvalue weighted by Crippen LogP contribution is -2.45. The van der Waals surface area contributed by atoms with Crippen LogP contribution in [0.2, 0.25) is 0 Å². The van der Waals surface area contributed by atoms with Crippen molar-refractivity contribution in [2.45, 2.75) is 76.3 Å². The van der Waals surface area contributed by atoms with Gasteiger partial charge in [-0.1, -0.05) is 0 Å². The number of nitrogens with one attached hydrogen (secondary N) is 2. The molecule has 2 atom stereocenters. The third-order valence-electron chi connectivity index (χ3n) is 3.97. The minimum absolute atomic E-state index is 0.0775. The van der Waals surface area contributed by atoms with Gasteiger partial charge < -0.3 is 15.4 Å². The molecule has 1 fully saturated rings. The van der Waals surface area contributed by atoms with E-state index in [2.05, 4.69) is 10.6 Å². The maximum atomic E-state index is 11.7. The van der Waals surface area contributed by atoms with E-state index in [4.69, 9.17) is 4.74 Å². The highest BCUT2D eigenvalue weighted by Gasteiger charge is 2.33. The van der Waals surface area contributed by atoms with Crippen molar-refractivity contribution in [3.8, 4) is 0 Å². The summed E-state index contributed by atoms with van der Waals surface area (Å²) in [6.07, 6.45) is 3.45. The summed E-state index contributed by atoms with van der Waals surface area (Å²) in [6.45, 7) is 9.35. The van der Waals surface area contributed by atoms with Crippen LogP contribution >= 0.6 is 0 Å². The Balaban J connectivity index is 2.39. The Hall–Kier alpha value is -0.820. The number of rotatable bonds is 5. The van der Waals surface area contributed by atoms with Gasteiger partial charge in [0.15, 0.2) is 9.84 Å². The average molecular weight is 334 g/mol. The van der Waals surface area contributed by atoms with Gasteiger partial charge in [0.2, 0.25) is 0 Å². The second-order valence-electron chi connectivity index (χ2n) is 7.77. The molecule has 7 heteroatoms. The minimum atomic E-state index is -3.10. The van der Waals surface area contributed by atoms with Gasteiger partial charge >= 0.3 is 6.09 Å². The minimum Gasteiger partial charge on any atom is -0.444 e. The fourth-order valence-electron chi connectivity index (χ4n) is 2.29. The zero-order valence-corrected chi connectivity index (χ0v) is 15.3. The van der Waals surface area contributed by atoms with E-state index in [0.29, 0.717) is 6.54 Å². The van der Waals surface area contributed by atoms with Gasteiger partial charge in [0.1, 0.15) is 5.60 Å². The lowest BCUT2D eigenvalue weighted by molar-refractivity contribution is 0.0505. The highest BCUT2D eigenvalue weighted by atomic mass is 32.2. The first-order valence-corrected chi connectivity index (χ1v) is 9.62. The van der Waals surface area contributed by atoms with Crippen molar-refractivity contribution >= 4 is 15.9 Å². The van der Waals surface area contributed by atoms with Crippen LogP contribution in [0.1, 0.15) is 53.9 Å². The molecule has 130 valence electrons. The molecule has 1 amide bonds. The van der Waals surface area contributed by atoms with Crippen LogP contribution in [0.15, 0.2) is 0 Å². The predicted octanol–water partition coefficient (Wildman–Crippen LogP) is 1.84. The molecule has 2 N–H and O–H groups in total. The van der Waals surface area contributed by atoms with Crippen molar-refractivity contribution in [3.63, 3.8) is 0 Å². The van der Waals surface area contributed by atoms with Crippen LogP contribution in [0.4, 0.5) is 4.79 Å². The quantitative estimate of drug-likeness (QED) is 0.801. The van der Waals surface area contributed by atoms with Gasteiger partial charge in [-0.2, -0.15) is 0 Å². The fraction of sp³-hybridized carbons (Fsp3) is 0.933. The summed E-state index contributed by atoms with van der Waals surface area (Å²) in [5.74, 6) is 0. The molecule has 1 rings (SSSR count). The lowest BCUT2D eigenvalue weighted by atomic mass is 10.1. The van der Waals surface area contributed by atoms with E-state index in [1.165, 1.54) is 6.26 Å². The third kappa shape index (κ3) is 6.12. The summed E-state index contributed by atoms with van der Waals surface area (Å²) in [6, 6.07) is 0.301. The van der Waals surface area contributed by atoms with Gasteiger partial charge in [-0.3, -0.25) is 0 Å². The first-order chi connectivity index (χ1) is 9.80. The van der Waals surface area contributed by atoms with E-state index in [9.17, 15) is 13.2 Å². The van der Waals surface area contributed by atoms with Crippen molar-refractivity contribution in [2.24, 2.45) is 0 Å². The molecule has 22 heavy (non-hydrogen) atoms. The highest BCUT2D eigenvalue weighted by Crippen LogP contribution is 2.21. The largest absolute Gasteiger partial charge is 0.444 e. The number of alkyl carbamates (subject to hydrolysis) is 1. The summed E-state index contributed by atoms with van der Waals surface area (Å²) in [5, 5.41) is 6.18. The normalized spacial score (nSPS) is 23.4. The van der Waals surface area contributed by atoms with Gasteiger partial charge in [-0.25, -0.2) is 13.2 Å². The molecular weight excluding hydrogens is 304 g/mol. The number of amides is 1. The van der Waals surface area contributed by atoms with Crippen molar-refractivity contribution in [3.05, 3.63) is 0 Å². The molecule has 0 radical (unpaired) electrons. The molecule has 0 spiro atoms. The highest BCUT2D eigenvalue weighted by molar-refractivity contribution is 7.92. The van der Waals surface area contributed by atoms with E-state index in [0.717, 1.165) is 19.3 Å². The Labute approximate surface area is 134 Å². The number of carbonyl (C=O) groups excluding carboxylic acids is 1. The number of carbonyl (C=O) groups is 1. The molecule has 0 bridgehead atoms. The van der Waals surface area contributed by atoms with Crippen molar-refractivity contribution in [1.82, 2.24) is 10.6 Å². The lowest BCUT2D eigenvalue weighted by Gasteiger charge is -2.25. The van der Waals surface area contributed by atoms with Crippen molar-refractivity contribution in [2.75, 3.05) is 12.8 Å². The molecule has 2 unspecified atom stereocenters. The molecule has 6 nitrogen and oxygen atoms in total. The second-order valence-corrected chi connectivity index (χ2v) is 10.4. The molecule has 1 aliphatic rings. The number of hydrogen-bond donors (Lipinski definition) is 2. The summed E-state index contributed by atoms with van der Waals surface area (Å²) in [5.41, 5.74) is -0.500. The van der Waals surface area contributed by atoms with Crippen LogP contribution in [0.5, 0.6) is 0 Å². The Morgan fingerprint density at radius 3 is 2.18 bits per heavy atom. The molecule has 0 aromatic rings. The predicted molar refractivity (Wildman–Crippen MR) is 87.7 cm³/mol. The molecule has 0 saturated heterocycles. The topological polar surface area (TPSA) is 84.5 Å². The first-order valence-electron chi connectivity index (χ1n) is 7.73. The van der Waals surface area contributed by atoms with Gasteiger partial charge in [0.05, 0.1) is 4.75 Å². The van der Waals surface area contributed by atoms with Crippen LogP contribution in [0, 0.1) is 0 Å². The van der Waals surface area contributed by atoms with E-state index in [-0.39, 0.29) is 12.1 Å². The van der Waals surface area contributed by atoms with Crippen LogP contribution in [0.3, 0.4) is 0 Å². The molecule has 1 saturated carbocycles. The first kappa shape index (κ1) is 19.2. The van der Waals surface area contributed by atoms with Gasteiger partial charge in [0, 0.05) is 24.9 Å².